The van der Waals surface area contributed by atoms with Gasteiger partial charge < -0.3 is 9.64 Å². The average molecular weight is 329 g/mol. The van der Waals surface area contributed by atoms with E-state index in [2.05, 4.69) is 22.4 Å². The SMILES string of the molecule is COc1ccc(CCC(=O)N(CCc2cccs2)C2CC2)cc1. The summed E-state index contributed by atoms with van der Waals surface area (Å²) in [5, 5.41) is 2.10. The summed E-state index contributed by atoms with van der Waals surface area (Å²) in [5.41, 5.74) is 1.19. The molecule has 0 radical (unpaired) electrons. The molecule has 2 aromatic rings. The molecule has 3 nitrogen and oxygen atoms in total. The number of amides is 1. The molecule has 23 heavy (non-hydrogen) atoms. The van der Waals surface area contributed by atoms with Crippen LogP contribution in [0.1, 0.15) is 29.7 Å². The molecule has 1 heterocycles. The number of carbonyl (C=O) groups is 1. The fourth-order valence-electron chi connectivity index (χ4n) is 2.77. The maximum Gasteiger partial charge on any atom is 0.223 e. The number of ether oxygens (including phenoxy) is 1. The van der Waals surface area contributed by atoms with Crippen LogP contribution in [0.4, 0.5) is 0 Å². The van der Waals surface area contributed by atoms with Gasteiger partial charge in [0.2, 0.25) is 5.91 Å². The molecule has 0 atom stereocenters. The second kappa shape index (κ2) is 7.64. The average Bonchev–Trinajstić information content (AvgIpc) is 3.28. The normalized spacial score (nSPS) is 13.8. The smallest absolute Gasteiger partial charge is 0.223 e. The highest BCUT2D eigenvalue weighted by atomic mass is 32.1. The van der Waals surface area contributed by atoms with Crippen molar-refractivity contribution in [2.75, 3.05) is 13.7 Å². The van der Waals surface area contributed by atoms with Crippen LogP contribution in [-0.4, -0.2) is 30.5 Å². The van der Waals surface area contributed by atoms with Crippen molar-refractivity contribution in [3.8, 4) is 5.75 Å². The van der Waals surface area contributed by atoms with Crippen LogP contribution in [0.2, 0.25) is 0 Å². The summed E-state index contributed by atoms with van der Waals surface area (Å²) >= 11 is 1.77. The summed E-state index contributed by atoms with van der Waals surface area (Å²) in [7, 11) is 1.67. The zero-order chi connectivity index (χ0) is 16.1. The number of thiophene rings is 1. The van der Waals surface area contributed by atoms with Gasteiger partial charge in [0.1, 0.15) is 5.75 Å². The summed E-state index contributed by atoms with van der Waals surface area (Å²) in [5.74, 6) is 1.15. The molecule has 4 heteroatoms. The highest BCUT2D eigenvalue weighted by Crippen LogP contribution is 2.28. The maximum absolute atomic E-state index is 12.6. The topological polar surface area (TPSA) is 29.5 Å². The lowest BCUT2D eigenvalue weighted by Gasteiger charge is -2.22. The lowest BCUT2D eigenvalue weighted by Crippen LogP contribution is -2.35. The van der Waals surface area contributed by atoms with E-state index >= 15 is 0 Å². The Bertz CT molecular complexity index is 617. The van der Waals surface area contributed by atoms with E-state index in [4.69, 9.17) is 4.74 Å². The van der Waals surface area contributed by atoms with Crippen molar-refractivity contribution in [2.24, 2.45) is 0 Å². The van der Waals surface area contributed by atoms with Crippen LogP contribution in [0, 0.1) is 0 Å². The summed E-state index contributed by atoms with van der Waals surface area (Å²) < 4.78 is 5.17. The third-order valence-corrected chi connectivity index (χ3v) is 5.21. The maximum atomic E-state index is 12.6. The Morgan fingerprint density at radius 2 is 2.00 bits per heavy atom. The van der Waals surface area contributed by atoms with Gasteiger partial charge in [0.15, 0.2) is 0 Å². The Morgan fingerprint density at radius 3 is 2.61 bits per heavy atom. The largest absolute Gasteiger partial charge is 0.497 e. The molecule has 0 unspecified atom stereocenters. The molecular weight excluding hydrogens is 306 g/mol. The molecule has 1 aromatic carbocycles. The van der Waals surface area contributed by atoms with Crippen molar-refractivity contribution in [1.29, 1.82) is 0 Å². The summed E-state index contributed by atoms with van der Waals surface area (Å²) in [4.78, 5) is 16.0. The Kier molecular flexibility index (Phi) is 5.34. The fourth-order valence-corrected chi connectivity index (χ4v) is 3.47. The number of benzene rings is 1. The van der Waals surface area contributed by atoms with Gasteiger partial charge in [0.25, 0.3) is 0 Å². The number of hydrogen-bond donors (Lipinski definition) is 0. The summed E-state index contributed by atoms with van der Waals surface area (Å²) in [6.45, 7) is 0.854. The highest BCUT2D eigenvalue weighted by Gasteiger charge is 2.31. The van der Waals surface area contributed by atoms with Gasteiger partial charge in [-0.1, -0.05) is 18.2 Å². The highest BCUT2D eigenvalue weighted by molar-refractivity contribution is 7.09. The Morgan fingerprint density at radius 1 is 1.22 bits per heavy atom. The molecular formula is C19H23NO2S. The van der Waals surface area contributed by atoms with Crippen LogP contribution in [0.25, 0.3) is 0 Å². The number of carbonyl (C=O) groups excluding carboxylic acids is 1. The number of rotatable bonds is 8. The van der Waals surface area contributed by atoms with Gasteiger partial charge in [-0.05, 0) is 54.8 Å². The predicted octanol–water partition coefficient (Wildman–Crippen LogP) is 3.92. The van der Waals surface area contributed by atoms with Crippen molar-refractivity contribution in [2.45, 2.75) is 38.1 Å². The third-order valence-electron chi connectivity index (χ3n) is 4.27. The molecule has 3 rings (SSSR count). The van der Waals surface area contributed by atoms with Crippen LogP contribution in [0.5, 0.6) is 5.75 Å². The van der Waals surface area contributed by atoms with Crippen molar-refractivity contribution in [3.63, 3.8) is 0 Å². The minimum absolute atomic E-state index is 0.292. The molecule has 1 aromatic heterocycles. The van der Waals surface area contributed by atoms with E-state index < -0.39 is 0 Å². The first-order valence-electron chi connectivity index (χ1n) is 8.21. The van der Waals surface area contributed by atoms with Crippen LogP contribution < -0.4 is 4.74 Å². The second-order valence-corrected chi connectivity index (χ2v) is 7.03. The molecule has 1 saturated carbocycles. The first-order valence-corrected chi connectivity index (χ1v) is 9.09. The molecule has 122 valence electrons. The number of hydrogen-bond acceptors (Lipinski definition) is 3. The van der Waals surface area contributed by atoms with E-state index in [0.29, 0.717) is 18.4 Å². The quantitative estimate of drug-likeness (QED) is 0.734. The molecule has 1 fully saturated rings. The van der Waals surface area contributed by atoms with Crippen molar-refractivity contribution >= 4 is 17.2 Å². The molecule has 0 bridgehead atoms. The van der Waals surface area contributed by atoms with E-state index in [9.17, 15) is 4.79 Å². The molecule has 0 aliphatic heterocycles. The minimum atomic E-state index is 0.292. The lowest BCUT2D eigenvalue weighted by molar-refractivity contribution is -0.131. The van der Waals surface area contributed by atoms with Crippen LogP contribution in [0.3, 0.4) is 0 Å². The molecule has 1 aliphatic carbocycles. The van der Waals surface area contributed by atoms with E-state index in [1.165, 1.54) is 23.3 Å². The second-order valence-electron chi connectivity index (χ2n) is 6.00. The number of aryl methyl sites for hydroxylation is 1. The Labute approximate surface area is 141 Å². The summed E-state index contributed by atoms with van der Waals surface area (Å²) in [6, 6.07) is 12.7. The van der Waals surface area contributed by atoms with Gasteiger partial charge in [-0.3, -0.25) is 4.79 Å². The minimum Gasteiger partial charge on any atom is -0.497 e. The van der Waals surface area contributed by atoms with Crippen LogP contribution in [0.15, 0.2) is 41.8 Å². The lowest BCUT2D eigenvalue weighted by atomic mass is 10.1. The van der Waals surface area contributed by atoms with Crippen LogP contribution in [-0.2, 0) is 17.6 Å². The van der Waals surface area contributed by atoms with Gasteiger partial charge in [-0.15, -0.1) is 11.3 Å². The fraction of sp³-hybridized carbons (Fsp3) is 0.421. The van der Waals surface area contributed by atoms with Crippen molar-refractivity contribution in [1.82, 2.24) is 4.90 Å². The number of nitrogens with zero attached hydrogens (tertiary/aromatic N) is 1. The summed E-state index contributed by atoms with van der Waals surface area (Å²) in [6.07, 6.45) is 4.69. The standard InChI is InChI=1S/C19H23NO2S/c1-22-17-9-4-15(5-10-17)6-11-19(21)20(16-7-8-16)13-12-18-3-2-14-23-18/h2-5,9-10,14,16H,6-8,11-13H2,1H3. The zero-order valence-corrected chi connectivity index (χ0v) is 14.3. The molecule has 1 aliphatic rings. The first kappa shape index (κ1) is 16.1. The van der Waals surface area contributed by atoms with Gasteiger partial charge >= 0.3 is 0 Å². The zero-order valence-electron chi connectivity index (χ0n) is 13.5. The molecule has 0 saturated heterocycles. The third kappa shape index (κ3) is 4.58. The first-order chi connectivity index (χ1) is 11.3. The van der Waals surface area contributed by atoms with Crippen molar-refractivity contribution < 1.29 is 9.53 Å². The van der Waals surface area contributed by atoms with Crippen LogP contribution >= 0.6 is 11.3 Å². The molecule has 1 amide bonds. The molecule has 0 N–H and O–H groups in total. The Hall–Kier alpha value is -1.81. The van der Waals surface area contributed by atoms with E-state index in [-0.39, 0.29) is 0 Å². The van der Waals surface area contributed by atoms with Gasteiger partial charge in [-0.2, -0.15) is 0 Å². The van der Waals surface area contributed by atoms with Gasteiger partial charge in [0.05, 0.1) is 7.11 Å². The van der Waals surface area contributed by atoms with E-state index in [1.807, 2.05) is 24.3 Å². The Balaban J connectivity index is 1.51. The van der Waals surface area contributed by atoms with E-state index in [0.717, 1.165) is 25.1 Å². The van der Waals surface area contributed by atoms with Gasteiger partial charge in [0, 0.05) is 23.9 Å². The van der Waals surface area contributed by atoms with Crippen molar-refractivity contribution in [3.05, 3.63) is 52.2 Å². The monoisotopic (exact) mass is 329 g/mol. The molecule has 0 spiro atoms. The van der Waals surface area contributed by atoms with E-state index in [1.54, 1.807) is 18.4 Å². The number of methoxy groups -OCH3 is 1. The van der Waals surface area contributed by atoms with Gasteiger partial charge in [-0.25, -0.2) is 0 Å². The predicted molar refractivity (Wildman–Crippen MR) is 94.1 cm³/mol.